The summed E-state index contributed by atoms with van der Waals surface area (Å²) >= 11 is 6.00. The third-order valence-corrected chi connectivity index (χ3v) is 3.16. The summed E-state index contributed by atoms with van der Waals surface area (Å²) in [4.78, 5) is 17.2. The van der Waals surface area contributed by atoms with E-state index in [1.165, 1.54) is 0 Å². The van der Waals surface area contributed by atoms with E-state index in [9.17, 15) is 4.79 Å². The molecule has 1 aromatic rings. The minimum Gasteiger partial charge on any atom is -0.396 e. The molecule has 18 heavy (non-hydrogen) atoms. The van der Waals surface area contributed by atoms with Crippen molar-refractivity contribution in [2.75, 3.05) is 11.9 Å². The van der Waals surface area contributed by atoms with Gasteiger partial charge in [0.1, 0.15) is 12.3 Å². The van der Waals surface area contributed by atoms with Gasteiger partial charge < -0.3 is 10.2 Å². The van der Waals surface area contributed by atoms with Crippen molar-refractivity contribution in [1.82, 2.24) is 0 Å². The molecule has 0 spiro atoms. The Morgan fingerprint density at radius 3 is 2.83 bits per heavy atom. The summed E-state index contributed by atoms with van der Waals surface area (Å²) in [5.74, 6) is -0.101. The number of oxime groups is 1. The Balaban J connectivity index is 2.59. The Morgan fingerprint density at radius 1 is 1.44 bits per heavy atom. The van der Waals surface area contributed by atoms with E-state index in [0.717, 1.165) is 5.56 Å². The number of benzene rings is 1. The molecule has 0 atom stereocenters. The van der Waals surface area contributed by atoms with E-state index >= 15 is 0 Å². The molecule has 1 heterocycles. The van der Waals surface area contributed by atoms with Crippen LogP contribution in [-0.4, -0.2) is 18.2 Å². The molecule has 0 saturated heterocycles. The van der Waals surface area contributed by atoms with Crippen molar-refractivity contribution >= 4 is 28.9 Å². The summed E-state index contributed by atoms with van der Waals surface area (Å²) in [5.41, 5.74) is 1.38. The smallest absolute Gasteiger partial charge is 0.236 e. The van der Waals surface area contributed by atoms with Gasteiger partial charge in [0.25, 0.3) is 0 Å². The van der Waals surface area contributed by atoms with Crippen LogP contribution in [0.25, 0.3) is 0 Å². The first kappa shape index (κ1) is 12.9. The van der Waals surface area contributed by atoms with Crippen LogP contribution in [0.4, 0.5) is 5.69 Å². The van der Waals surface area contributed by atoms with Crippen molar-refractivity contribution in [3.05, 3.63) is 28.8 Å². The molecule has 1 aliphatic heterocycles. The van der Waals surface area contributed by atoms with Crippen molar-refractivity contribution in [3.8, 4) is 0 Å². The van der Waals surface area contributed by atoms with E-state index < -0.39 is 5.41 Å². The predicted octanol–water partition coefficient (Wildman–Crippen LogP) is 3.06. The molecule has 2 rings (SSSR count). The van der Waals surface area contributed by atoms with Crippen LogP contribution in [-0.2, 0) is 9.63 Å². The molecule has 1 N–H and O–H groups in total. The fourth-order valence-electron chi connectivity index (χ4n) is 1.84. The van der Waals surface area contributed by atoms with Gasteiger partial charge in [-0.3, -0.25) is 4.79 Å². The van der Waals surface area contributed by atoms with Crippen molar-refractivity contribution in [1.29, 1.82) is 0 Å². The van der Waals surface area contributed by atoms with Crippen LogP contribution in [0.3, 0.4) is 0 Å². The van der Waals surface area contributed by atoms with Crippen LogP contribution < -0.4 is 5.32 Å². The highest BCUT2D eigenvalue weighted by Gasteiger charge is 2.40. The molecule has 0 radical (unpaired) electrons. The number of hydrogen-bond donors (Lipinski definition) is 1. The molecular formula is C13H15ClN2O2. The Bertz CT molecular complexity index is 524. The van der Waals surface area contributed by atoms with Gasteiger partial charge in [0.05, 0.1) is 11.1 Å². The number of nitrogens with zero attached hydrogens (tertiary/aromatic N) is 1. The lowest BCUT2D eigenvalue weighted by Gasteiger charge is -2.31. The lowest BCUT2D eigenvalue weighted by molar-refractivity contribution is -0.121. The third-order valence-electron chi connectivity index (χ3n) is 2.93. The Labute approximate surface area is 111 Å². The zero-order valence-corrected chi connectivity index (χ0v) is 11.3. The van der Waals surface area contributed by atoms with Gasteiger partial charge in [-0.15, -0.1) is 0 Å². The second-order valence-corrected chi connectivity index (χ2v) is 5.06. The maximum Gasteiger partial charge on any atom is 0.236 e. The maximum absolute atomic E-state index is 12.1. The highest BCUT2D eigenvalue weighted by atomic mass is 35.5. The Hall–Kier alpha value is -1.55. The van der Waals surface area contributed by atoms with E-state index in [1.807, 2.05) is 20.8 Å². The van der Waals surface area contributed by atoms with Gasteiger partial charge in [-0.1, -0.05) is 16.8 Å². The molecule has 0 aromatic heterocycles. The van der Waals surface area contributed by atoms with E-state index in [2.05, 4.69) is 10.5 Å². The topological polar surface area (TPSA) is 50.7 Å². The highest BCUT2D eigenvalue weighted by Crippen LogP contribution is 2.35. The van der Waals surface area contributed by atoms with Crippen LogP contribution in [0.15, 0.2) is 23.4 Å². The lowest BCUT2D eigenvalue weighted by atomic mass is 9.79. The van der Waals surface area contributed by atoms with Gasteiger partial charge in [0.15, 0.2) is 0 Å². The molecule has 1 aromatic carbocycles. The van der Waals surface area contributed by atoms with Crippen LogP contribution in [0.2, 0.25) is 5.02 Å². The van der Waals surface area contributed by atoms with E-state index in [-0.39, 0.29) is 5.91 Å². The monoisotopic (exact) mass is 266 g/mol. The van der Waals surface area contributed by atoms with Crippen molar-refractivity contribution in [3.63, 3.8) is 0 Å². The minimum absolute atomic E-state index is 0.101. The summed E-state index contributed by atoms with van der Waals surface area (Å²) in [5, 5.41) is 7.54. The number of carbonyl (C=O) groups is 1. The second-order valence-electron chi connectivity index (χ2n) is 4.63. The second kappa shape index (κ2) is 4.61. The molecule has 96 valence electrons. The zero-order valence-electron chi connectivity index (χ0n) is 10.6. The number of amides is 1. The summed E-state index contributed by atoms with van der Waals surface area (Å²) in [6.07, 6.45) is 0. The highest BCUT2D eigenvalue weighted by molar-refractivity contribution is 6.32. The molecule has 0 saturated carbocycles. The van der Waals surface area contributed by atoms with Crippen LogP contribution >= 0.6 is 11.6 Å². The average molecular weight is 267 g/mol. The molecule has 0 fully saturated rings. The first-order valence-corrected chi connectivity index (χ1v) is 6.16. The molecular weight excluding hydrogens is 252 g/mol. The maximum atomic E-state index is 12.1. The van der Waals surface area contributed by atoms with Crippen LogP contribution in [0.1, 0.15) is 26.3 Å². The summed E-state index contributed by atoms with van der Waals surface area (Å²) in [6.45, 7) is 5.92. The Kier molecular flexibility index (Phi) is 3.30. The van der Waals surface area contributed by atoms with E-state index in [0.29, 0.717) is 23.0 Å². The molecule has 5 heteroatoms. The fraction of sp³-hybridized carbons (Fsp3) is 0.385. The summed E-state index contributed by atoms with van der Waals surface area (Å²) in [6, 6.07) is 5.29. The van der Waals surface area contributed by atoms with Crippen molar-refractivity contribution in [2.45, 2.75) is 20.8 Å². The largest absolute Gasteiger partial charge is 0.396 e. The number of fused-ring (bicyclic) bond motifs is 1. The van der Waals surface area contributed by atoms with Gasteiger partial charge in [0.2, 0.25) is 5.91 Å². The number of carbonyl (C=O) groups excluding carboxylic acids is 1. The molecule has 0 unspecified atom stereocenters. The zero-order chi connectivity index (χ0) is 13.3. The lowest BCUT2D eigenvalue weighted by Crippen LogP contribution is -2.43. The van der Waals surface area contributed by atoms with Crippen molar-refractivity contribution < 1.29 is 9.63 Å². The quantitative estimate of drug-likeness (QED) is 0.837. The molecule has 0 bridgehead atoms. The summed E-state index contributed by atoms with van der Waals surface area (Å²) < 4.78 is 0. The minimum atomic E-state index is -0.743. The van der Waals surface area contributed by atoms with Gasteiger partial charge in [-0.2, -0.15) is 0 Å². The van der Waals surface area contributed by atoms with Gasteiger partial charge in [0, 0.05) is 10.6 Å². The van der Waals surface area contributed by atoms with Crippen molar-refractivity contribution in [2.24, 2.45) is 10.6 Å². The molecule has 1 aliphatic rings. The number of anilines is 1. The SMILES string of the molecule is CCO/N=C1/c2cc(Cl)ccc2NC(=O)C1(C)C. The third kappa shape index (κ3) is 2.08. The number of nitrogens with one attached hydrogen (secondary N) is 1. The fourth-order valence-corrected chi connectivity index (χ4v) is 2.01. The first-order chi connectivity index (χ1) is 8.46. The van der Waals surface area contributed by atoms with Gasteiger partial charge >= 0.3 is 0 Å². The number of hydrogen-bond acceptors (Lipinski definition) is 3. The Morgan fingerprint density at radius 2 is 2.17 bits per heavy atom. The number of rotatable bonds is 2. The average Bonchev–Trinajstić information content (AvgIpc) is 2.31. The predicted molar refractivity (Wildman–Crippen MR) is 72.0 cm³/mol. The summed E-state index contributed by atoms with van der Waals surface area (Å²) in [7, 11) is 0. The molecule has 0 aliphatic carbocycles. The standard InChI is InChI=1S/C13H15ClN2O2/c1-4-18-16-11-9-7-8(14)5-6-10(9)15-12(17)13(11,2)3/h5-7H,4H2,1-3H3,(H,15,17)/b16-11-. The normalized spacial score (nSPS) is 19.3. The van der Waals surface area contributed by atoms with E-state index in [4.69, 9.17) is 16.4 Å². The first-order valence-electron chi connectivity index (χ1n) is 5.78. The van der Waals surface area contributed by atoms with Crippen LogP contribution in [0.5, 0.6) is 0 Å². The van der Waals surface area contributed by atoms with Crippen LogP contribution in [0, 0.1) is 5.41 Å². The molecule has 1 amide bonds. The van der Waals surface area contributed by atoms with Gasteiger partial charge in [-0.25, -0.2) is 0 Å². The van der Waals surface area contributed by atoms with E-state index in [1.54, 1.807) is 18.2 Å². The number of halogens is 1. The molecule has 4 nitrogen and oxygen atoms in total. The van der Waals surface area contributed by atoms with Gasteiger partial charge in [-0.05, 0) is 39.0 Å².